The molecule has 0 bridgehead atoms. The van der Waals surface area contributed by atoms with Gasteiger partial charge in [-0.15, -0.1) is 5.59 Å². The normalized spacial score (nSPS) is 25.1. The molecule has 4 nitrogen and oxygen atoms in total. The van der Waals surface area contributed by atoms with Crippen LogP contribution in [-0.2, 0) is 9.57 Å². The van der Waals surface area contributed by atoms with Gasteiger partial charge in [-0.05, 0) is 6.42 Å². The number of nitrogens with one attached hydrogen (secondary N) is 2. The van der Waals surface area contributed by atoms with E-state index in [4.69, 9.17) is 9.57 Å². The third-order valence-electron chi connectivity index (χ3n) is 1.71. The zero-order valence-corrected chi connectivity index (χ0v) is 7.09. The minimum absolute atomic E-state index is 0.259. The Hall–Kier alpha value is -0.160. The summed E-state index contributed by atoms with van der Waals surface area (Å²) in [4.78, 5) is 5.25. The first-order chi connectivity index (χ1) is 5.36. The number of rotatable bonds is 6. The Morgan fingerprint density at radius 1 is 1.73 bits per heavy atom. The molecule has 1 saturated heterocycles. The Bertz CT molecular complexity index is 107. The van der Waals surface area contributed by atoms with E-state index in [1.54, 1.807) is 7.05 Å². The minimum atomic E-state index is 0.259. The van der Waals surface area contributed by atoms with Crippen LogP contribution in [0.5, 0.6) is 0 Å². The molecule has 66 valence electrons. The van der Waals surface area contributed by atoms with Crippen LogP contribution in [0.25, 0.3) is 0 Å². The lowest BCUT2D eigenvalue weighted by atomic mass is 10.2. The lowest BCUT2D eigenvalue weighted by Gasteiger charge is -2.13. The lowest BCUT2D eigenvalue weighted by molar-refractivity contribution is -0.0521. The summed E-state index contributed by atoms with van der Waals surface area (Å²) in [6.45, 7) is 3.00. The molecule has 1 rings (SSSR count). The quantitative estimate of drug-likeness (QED) is 0.430. The highest BCUT2D eigenvalue weighted by atomic mass is 16.7. The van der Waals surface area contributed by atoms with Crippen LogP contribution in [-0.4, -0.2) is 25.9 Å². The van der Waals surface area contributed by atoms with Crippen LogP contribution in [0.2, 0.25) is 0 Å². The Kier molecular flexibility index (Phi) is 3.79. The summed E-state index contributed by atoms with van der Waals surface area (Å²) in [6.07, 6.45) is 2.70. The van der Waals surface area contributed by atoms with E-state index >= 15 is 0 Å². The van der Waals surface area contributed by atoms with Gasteiger partial charge in [-0.2, -0.15) is 0 Å². The third kappa shape index (κ3) is 3.67. The van der Waals surface area contributed by atoms with Gasteiger partial charge in [-0.25, -0.2) is 5.43 Å². The molecular formula is C7H16N2O2. The first kappa shape index (κ1) is 8.93. The van der Waals surface area contributed by atoms with Crippen molar-refractivity contribution < 1.29 is 9.57 Å². The molecule has 0 aliphatic carbocycles. The highest BCUT2D eigenvalue weighted by Crippen LogP contribution is 2.18. The Morgan fingerprint density at radius 2 is 2.45 bits per heavy atom. The monoisotopic (exact) mass is 160 g/mol. The topological polar surface area (TPSA) is 45.8 Å². The van der Waals surface area contributed by atoms with Crippen molar-refractivity contribution in [3.05, 3.63) is 0 Å². The maximum atomic E-state index is 5.25. The van der Waals surface area contributed by atoms with Gasteiger partial charge in [0.2, 0.25) is 0 Å². The highest BCUT2D eigenvalue weighted by Gasteiger charge is 2.26. The molecule has 1 heterocycles. The SMILES string of the molecule is CC[C@H](C[C@H]1CO1)ONNC. The second kappa shape index (κ2) is 4.66. The van der Waals surface area contributed by atoms with Crippen molar-refractivity contribution in [2.75, 3.05) is 13.7 Å². The molecule has 0 amide bonds. The fraction of sp³-hybridized carbons (Fsp3) is 1.00. The van der Waals surface area contributed by atoms with Gasteiger partial charge in [-0.3, -0.25) is 4.84 Å². The third-order valence-corrected chi connectivity index (χ3v) is 1.71. The largest absolute Gasteiger partial charge is 0.373 e. The summed E-state index contributed by atoms with van der Waals surface area (Å²) in [7, 11) is 1.78. The van der Waals surface area contributed by atoms with Gasteiger partial charge in [0, 0.05) is 13.5 Å². The van der Waals surface area contributed by atoms with Crippen LogP contribution in [0.3, 0.4) is 0 Å². The molecule has 4 heteroatoms. The summed E-state index contributed by atoms with van der Waals surface area (Å²) in [6, 6.07) is 0. The van der Waals surface area contributed by atoms with Crippen molar-refractivity contribution in [3.8, 4) is 0 Å². The van der Waals surface area contributed by atoms with Crippen LogP contribution < -0.4 is 11.0 Å². The van der Waals surface area contributed by atoms with E-state index in [0.29, 0.717) is 6.10 Å². The van der Waals surface area contributed by atoms with E-state index < -0.39 is 0 Å². The summed E-state index contributed by atoms with van der Waals surface area (Å²) < 4.78 is 5.09. The van der Waals surface area contributed by atoms with Gasteiger partial charge in [0.1, 0.15) is 0 Å². The van der Waals surface area contributed by atoms with Crippen LogP contribution in [0, 0.1) is 0 Å². The summed E-state index contributed by atoms with van der Waals surface area (Å²) in [5.74, 6) is 0. The average Bonchev–Trinajstić information content (AvgIpc) is 2.81. The van der Waals surface area contributed by atoms with Crippen LogP contribution >= 0.6 is 0 Å². The zero-order valence-electron chi connectivity index (χ0n) is 7.09. The molecule has 0 unspecified atom stereocenters. The van der Waals surface area contributed by atoms with Crippen molar-refractivity contribution in [1.82, 2.24) is 11.0 Å². The molecule has 1 aliphatic heterocycles. The van der Waals surface area contributed by atoms with E-state index in [-0.39, 0.29) is 6.10 Å². The predicted molar refractivity (Wildman–Crippen MR) is 41.7 cm³/mol. The average molecular weight is 160 g/mol. The van der Waals surface area contributed by atoms with Gasteiger partial charge in [0.15, 0.2) is 0 Å². The van der Waals surface area contributed by atoms with E-state index in [2.05, 4.69) is 17.9 Å². The fourth-order valence-electron chi connectivity index (χ4n) is 0.938. The highest BCUT2D eigenvalue weighted by molar-refractivity contribution is 4.73. The molecule has 0 saturated carbocycles. The number of ether oxygens (including phenoxy) is 1. The Balaban J connectivity index is 2.02. The maximum absolute atomic E-state index is 5.25. The fourth-order valence-corrected chi connectivity index (χ4v) is 0.938. The molecule has 11 heavy (non-hydrogen) atoms. The molecule has 0 radical (unpaired) electrons. The predicted octanol–water partition coefficient (Wildman–Crippen LogP) is 0.209. The summed E-state index contributed by atoms with van der Waals surface area (Å²) >= 11 is 0. The second-order valence-electron chi connectivity index (χ2n) is 2.69. The first-order valence-corrected chi connectivity index (χ1v) is 4.05. The van der Waals surface area contributed by atoms with Crippen LogP contribution in [0.4, 0.5) is 0 Å². The van der Waals surface area contributed by atoms with Crippen molar-refractivity contribution in [2.24, 2.45) is 0 Å². The molecule has 1 fully saturated rings. The number of hydrogen-bond acceptors (Lipinski definition) is 4. The van der Waals surface area contributed by atoms with Crippen molar-refractivity contribution >= 4 is 0 Å². The van der Waals surface area contributed by atoms with Gasteiger partial charge >= 0.3 is 0 Å². The van der Waals surface area contributed by atoms with Gasteiger partial charge in [-0.1, -0.05) is 6.92 Å². The minimum Gasteiger partial charge on any atom is -0.373 e. The van der Waals surface area contributed by atoms with Gasteiger partial charge in [0.05, 0.1) is 18.8 Å². The Morgan fingerprint density at radius 3 is 2.91 bits per heavy atom. The van der Waals surface area contributed by atoms with Gasteiger partial charge < -0.3 is 4.74 Å². The van der Waals surface area contributed by atoms with Crippen molar-refractivity contribution in [3.63, 3.8) is 0 Å². The van der Waals surface area contributed by atoms with Crippen molar-refractivity contribution in [2.45, 2.75) is 32.0 Å². The van der Waals surface area contributed by atoms with E-state index in [1.165, 1.54) is 0 Å². The number of hydrazine groups is 1. The maximum Gasteiger partial charge on any atom is 0.0835 e. The molecule has 0 aromatic heterocycles. The molecule has 0 spiro atoms. The smallest absolute Gasteiger partial charge is 0.0835 e. The number of epoxide rings is 1. The molecule has 2 N–H and O–H groups in total. The van der Waals surface area contributed by atoms with Crippen LogP contribution in [0.1, 0.15) is 19.8 Å². The summed E-state index contributed by atoms with van der Waals surface area (Å²) in [5, 5.41) is 0. The van der Waals surface area contributed by atoms with Crippen molar-refractivity contribution in [1.29, 1.82) is 0 Å². The molecule has 0 aromatic rings. The molecule has 2 atom stereocenters. The molecule has 1 aliphatic rings. The lowest BCUT2D eigenvalue weighted by Crippen LogP contribution is -2.33. The molecular weight excluding hydrogens is 144 g/mol. The van der Waals surface area contributed by atoms with Gasteiger partial charge in [0.25, 0.3) is 0 Å². The van der Waals surface area contributed by atoms with Crippen LogP contribution in [0.15, 0.2) is 0 Å². The van der Waals surface area contributed by atoms with E-state index in [0.717, 1.165) is 19.4 Å². The standard InChI is InChI=1S/C7H16N2O2/c1-3-6(11-9-8-2)4-7-5-10-7/h6-9H,3-5H2,1-2H3/t6-,7+/m1/s1. The van der Waals surface area contributed by atoms with E-state index in [1.807, 2.05) is 0 Å². The first-order valence-electron chi connectivity index (χ1n) is 4.05. The Labute approximate surface area is 67.2 Å². The second-order valence-corrected chi connectivity index (χ2v) is 2.69. The van der Waals surface area contributed by atoms with E-state index in [9.17, 15) is 0 Å². The zero-order chi connectivity index (χ0) is 8.10. The number of hydrogen-bond donors (Lipinski definition) is 2. The summed E-state index contributed by atoms with van der Waals surface area (Å²) in [5.41, 5.74) is 5.34. The molecule has 0 aromatic carbocycles.